The lowest BCUT2D eigenvalue weighted by Crippen LogP contribution is -2.45. The van der Waals surface area contributed by atoms with E-state index < -0.39 is 10.0 Å². The van der Waals surface area contributed by atoms with Crippen molar-refractivity contribution >= 4 is 20.8 Å². The molecule has 1 atom stereocenters. The molecule has 1 aromatic carbocycles. The molecule has 0 bridgehead atoms. The first-order chi connectivity index (χ1) is 10.1. The van der Waals surface area contributed by atoms with Crippen LogP contribution in [-0.2, 0) is 10.0 Å². The number of hydrogen-bond acceptors (Lipinski definition) is 4. The van der Waals surface area contributed by atoms with Crippen molar-refractivity contribution in [2.75, 3.05) is 13.2 Å². The fraction of sp³-hybridized carbons (Fsp3) is 0.400. The number of rotatable bonds is 3. The topological polar surface area (TPSA) is 70.5 Å². The van der Waals surface area contributed by atoms with Crippen LogP contribution in [-0.4, -0.2) is 42.0 Å². The van der Waals surface area contributed by atoms with E-state index in [2.05, 4.69) is 4.98 Å². The summed E-state index contributed by atoms with van der Waals surface area (Å²) in [7, 11) is -3.60. The van der Waals surface area contributed by atoms with Gasteiger partial charge in [0, 0.05) is 35.8 Å². The van der Waals surface area contributed by atoms with Crippen LogP contribution in [0.4, 0.5) is 0 Å². The molecule has 0 radical (unpaired) electrons. The van der Waals surface area contributed by atoms with Crippen LogP contribution >= 0.6 is 0 Å². The summed E-state index contributed by atoms with van der Waals surface area (Å²) in [4.78, 5) is 4.33. The molecule has 1 fully saturated rings. The van der Waals surface area contributed by atoms with Gasteiger partial charge in [0.15, 0.2) is 0 Å². The SMILES string of the molecule is O=S(=O)(c1cccc2cnccc12)N1CCCCC1CO. The van der Waals surface area contributed by atoms with Crippen molar-refractivity contribution in [2.45, 2.75) is 30.2 Å². The van der Waals surface area contributed by atoms with Gasteiger partial charge < -0.3 is 5.11 Å². The van der Waals surface area contributed by atoms with Crippen LogP contribution in [0.1, 0.15) is 19.3 Å². The molecule has 0 amide bonds. The van der Waals surface area contributed by atoms with E-state index in [0.717, 1.165) is 18.2 Å². The Labute approximate surface area is 124 Å². The van der Waals surface area contributed by atoms with E-state index >= 15 is 0 Å². The van der Waals surface area contributed by atoms with E-state index in [1.807, 2.05) is 6.07 Å². The standard InChI is InChI=1S/C15H18N2O3S/c18-11-13-5-1-2-9-17(13)21(19,20)15-6-3-4-12-10-16-8-7-14(12)15/h3-4,6-8,10,13,18H,1-2,5,9,11H2. The minimum absolute atomic E-state index is 0.133. The monoisotopic (exact) mass is 306 g/mol. The van der Waals surface area contributed by atoms with E-state index in [9.17, 15) is 13.5 Å². The van der Waals surface area contributed by atoms with Gasteiger partial charge in [0.05, 0.1) is 11.5 Å². The summed E-state index contributed by atoms with van der Waals surface area (Å²) in [5, 5.41) is 10.9. The summed E-state index contributed by atoms with van der Waals surface area (Å²) in [5.41, 5.74) is 0. The zero-order valence-electron chi connectivity index (χ0n) is 11.6. The van der Waals surface area contributed by atoms with E-state index in [1.165, 1.54) is 4.31 Å². The molecule has 0 aliphatic carbocycles. The largest absolute Gasteiger partial charge is 0.395 e. The molecule has 21 heavy (non-hydrogen) atoms. The average Bonchev–Trinajstić information content (AvgIpc) is 2.54. The predicted molar refractivity (Wildman–Crippen MR) is 80.4 cm³/mol. The molecule has 6 heteroatoms. The molecule has 1 N–H and O–H groups in total. The first kappa shape index (κ1) is 14.4. The fourth-order valence-electron chi connectivity index (χ4n) is 2.92. The molecule has 1 aliphatic heterocycles. The van der Waals surface area contributed by atoms with Crippen molar-refractivity contribution in [1.29, 1.82) is 0 Å². The van der Waals surface area contributed by atoms with Gasteiger partial charge in [0.2, 0.25) is 10.0 Å². The van der Waals surface area contributed by atoms with Crippen LogP contribution in [0, 0.1) is 0 Å². The third-order valence-electron chi connectivity index (χ3n) is 4.01. The Kier molecular flexibility index (Phi) is 3.93. The number of pyridine rings is 1. The van der Waals surface area contributed by atoms with Crippen LogP contribution in [0.3, 0.4) is 0 Å². The fourth-order valence-corrected chi connectivity index (χ4v) is 4.82. The molecule has 2 aromatic rings. The molecule has 0 saturated carbocycles. The van der Waals surface area contributed by atoms with Gasteiger partial charge in [0.25, 0.3) is 0 Å². The Hall–Kier alpha value is -1.50. The molecular formula is C15H18N2O3S. The van der Waals surface area contributed by atoms with Crippen molar-refractivity contribution in [3.8, 4) is 0 Å². The zero-order chi connectivity index (χ0) is 14.9. The highest BCUT2D eigenvalue weighted by molar-refractivity contribution is 7.89. The second kappa shape index (κ2) is 5.71. The lowest BCUT2D eigenvalue weighted by molar-refractivity contribution is 0.155. The Bertz CT molecular complexity index is 740. The molecule has 1 saturated heterocycles. The highest BCUT2D eigenvalue weighted by Crippen LogP contribution is 2.29. The number of piperidine rings is 1. The molecule has 3 rings (SSSR count). The van der Waals surface area contributed by atoms with E-state index in [4.69, 9.17) is 0 Å². The van der Waals surface area contributed by atoms with Crippen molar-refractivity contribution < 1.29 is 13.5 Å². The van der Waals surface area contributed by atoms with Gasteiger partial charge in [-0.2, -0.15) is 4.31 Å². The Morgan fingerprint density at radius 2 is 2.14 bits per heavy atom. The van der Waals surface area contributed by atoms with Gasteiger partial charge >= 0.3 is 0 Å². The average molecular weight is 306 g/mol. The minimum atomic E-state index is -3.60. The third kappa shape index (κ3) is 2.54. The minimum Gasteiger partial charge on any atom is -0.395 e. The lowest BCUT2D eigenvalue weighted by Gasteiger charge is -2.33. The zero-order valence-corrected chi connectivity index (χ0v) is 12.5. The van der Waals surface area contributed by atoms with Crippen molar-refractivity contribution in [3.05, 3.63) is 36.7 Å². The summed E-state index contributed by atoms with van der Waals surface area (Å²) in [6, 6.07) is 6.61. The van der Waals surface area contributed by atoms with Gasteiger partial charge in [0.1, 0.15) is 0 Å². The maximum Gasteiger partial charge on any atom is 0.244 e. The number of nitrogens with zero attached hydrogens (tertiary/aromatic N) is 2. The number of aliphatic hydroxyl groups excluding tert-OH is 1. The molecule has 5 nitrogen and oxygen atoms in total. The predicted octanol–water partition coefficient (Wildman–Crippen LogP) is 1.77. The summed E-state index contributed by atoms with van der Waals surface area (Å²) in [6.45, 7) is 0.334. The van der Waals surface area contributed by atoms with E-state index in [1.54, 1.807) is 30.6 Å². The molecule has 2 heterocycles. The quantitative estimate of drug-likeness (QED) is 0.938. The first-order valence-electron chi connectivity index (χ1n) is 7.10. The molecule has 112 valence electrons. The summed E-state index contributed by atoms with van der Waals surface area (Å²) in [5.74, 6) is 0. The van der Waals surface area contributed by atoms with Crippen molar-refractivity contribution in [2.24, 2.45) is 0 Å². The second-order valence-corrected chi connectivity index (χ2v) is 7.16. The van der Waals surface area contributed by atoms with Crippen LogP contribution in [0.2, 0.25) is 0 Å². The van der Waals surface area contributed by atoms with E-state index in [-0.39, 0.29) is 12.6 Å². The van der Waals surface area contributed by atoms with Gasteiger partial charge in [-0.25, -0.2) is 8.42 Å². The maximum absolute atomic E-state index is 13.0. The summed E-state index contributed by atoms with van der Waals surface area (Å²) >= 11 is 0. The van der Waals surface area contributed by atoms with Gasteiger partial charge in [-0.05, 0) is 25.0 Å². The third-order valence-corrected chi connectivity index (χ3v) is 6.02. The highest BCUT2D eigenvalue weighted by Gasteiger charge is 2.33. The van der Waals surface area contributed by atoms with Crippen LogP contribution in [0.5, 0.6) is 0 Å². The molecular weight excluding hydrogens is 288 g/mol. The van der Waals surface area contributed by atoms with Crippen molar-refractivity contribution in [3.63, 3.8) is 0 Å². The smallest absolute Gasteiger partial charge is 0.244 e. The second-order valence-electron chi connectivity index (χ2n) is 5.30. The van der Waals surface area contributed by atoms with Gasteiger partial charge in [-0.1, -0.05) is 18.6 Å². The number of aliphatic hydroxyl groups is 1. The normalized spacial score (nSPS) is 20.7. The number of benzene rings is 1. The highest BCUT2D eigenvalue weighted by atomic mass is 32.2. The van der Waals surface area contributed by atoms with Gasteiger partial charge in [-0.15, -0.1) is 0 Å². The van der Waals surface area contributed by atoms with Crippen LogP contribution in [0.15, 0.2) is 41.6 Å². The summed E-state index contributed by atoms with van der Waals surface area (Å²) < 4.78 is 27.4. The number of aromatic nitrogens is 1. The number of hydrogen-bond donors (Lipinski definition) is 1. The van der Waals surface area contributed by atoms with Crippen molar-refractivity contribution in [1.82, 2.24) is 9.29 Å². The number of sulfonamides is 1. The van der Waals surface area contributed by atoms with Gasteiger partial charge in [-0.3, -0.25) is 4.98 Å². The summed E-state index contributed by atoms with van der Waals surface area (Å²) in [6.07, 6.45) is 5.76. The Morgan fingerprint density at radius 3 is 2.95 bits per heavy atom. The Morgan fingerprint density at radius 1 is 1.29 bits per heavy atom. The van der Waals surface area contributed by atoms with Crippen LogP contribution in [0.25, 0.3) is 10.8 Å². The molecule has 1 aromatic heterocycles. The van der Waals surface area contributed by atoms with Crippen LogP contribution < -0.4 is 0 Å². The molecule has 1 unspecified atom stereocenters. The molecule has 0 spiro atoms. The Balaban J connectivity index is 2.12. The van der Waals surface area contributed by atoms with E-state index in [0.29, 0.717) is 23.2 Å². The number of fused-ring (bicyclic) bond motifs is 1. The maximum atomic E-state index is 13.0. The lowest BCUT2D eigenvalue weighted by atomic mass is 10.1. The molecule has 1 aliphatic rings. The first-order valence-corrected chi connectivity index (χ1v) is 8.54.